The van der Waals surface area contributed by atoms with Crippen molar-refractivity contribution in [2.45, 2.75) is 30.7 Å². The second-order valence-corrected chi connectivity index (χ2v) is 5.99. The predicted molar refractivity (Wildman–Crippen MR) is 87.3 cm³/mol. The molecule has 0 aliphatic carbocycles. The maximum Gasteiger partial charge on any atom is 0.0966 e. The molecule has 0 bridgehead atoms. The Labute approximate surface area is 130 Å². The molecule has 1 N–H and O–H groups in total. The van der Waals surface area contributed by atoms with Gasteiger partial charge in [0, 0.05) is 23.0 Å². The SMILES string of the molecule is CCNC(C)c1ccnc(SCc2ccccc2Cl)c1. The van der Waals surface area contributed by atoms with E-state index in [4.69, 9.17) is 11.6 Å². The summed E-state index contributed by atoms with van der Waals surface area (Å²) in [6.45, 7) is 5.25. The Kier molecular flexibility index (Phi) is 5.89. The number of aromatic nitrogens is 1. The Hall–Kier alpha value is -1.03. The summed E-state index contributed by atoms with van der Waals surface area (Å²) in [5.74, 6) is 0.839. The predicted octanol–water partition coefficient (Wildman–Crippen LogP) is 4.70. The lowest BCUT2D eigenvalue weighted by atomic mass is 10.1. The first-order valence-corrected chi connectivity index (χ1v) is 8.12. The molecular formula is C16H19ClN2S. The van der Waals surface area contributed by atoms with E-state index >= 15 is 0 Å². The average molecular weight is 307 g/mol. The van der Waals surface area contributed by atoms with Crippen molar-refractivity contribution in [1.29, 1.82) is 0 Å². The summed E-state index contributed by atoms with van der Waals surface area (Å²) >= 11 is 7.88. The van der Waals surface area contributed by atoms with E-state index in [-0.39, 0.29) is 0 Å². The highest BCUT2D eigenvalue weighted by Gasteiger charge is 2.06. The minimum absolute atomic E-state index is 0.350. The molecular weight excluding hydrogens is 288 g/mol. The van der Waals surface area contributed by atoms with E-state index in [9.17, 15) is 0 Å². The first kappa shape index (κ1) is 15.4. The van der Waals surface area contributed by atoms with Gasteiger partial charge in [-0.05, 0) is 42.8 Å². The van der Waals surface area contributed by atoms with Gasteiger partial charge in [0.15, 0.2) is 0 Å². The number of rotatable bonds is 6. The summed E-state index contributed by atoms with van der Waals surface area (Å²) in [6.07, 6.45) is 1.87. The standard InChI is InChI=1S/C16H19ClN2S/c1-3-18-12(2)13-8-9-19-16(10-13)20-11-14-6-4-5-7-15(14)17/h4-10,12,18H,3,11H2,1-2H3. The Bertz CT molecular complexity index is 560. The molecule has 106 valence electrons. The van der Waals surface area contributed by atoms with Crippen LogP contribution >= 0.6 is 23.4 Å². The van der Waals surface area contributed by atoms with Gasteiger partial charge in [-0.1, -0.05) is 36.7 Å². The van der Waals surface area contributed by atoms with Gasteiger partial charge in [-0.25, -0.2) is 4.98 Å². The smallest absolute Gasteiger partial charge is 0.0966 e. The number of pyridine rings is 1. The molecule has 2 aromatic rings. The van der Waals surface area contributed by atoms with Crippen molar-refractivity contribution >= 4 is 23.4 Å². The first-order chi connectivity index (χ1) is 9.70. The number of hydrogen-bond donors (Lipinski definition) is 1. The van der Waals surface area contributed by atoms with Gasteiger partial charge in [0.05, 0.1) is 5.03 Å². The van der Waals surface area contributed by atoms with Crippen LogP contribution in [0.4, 0.5) is 0 Å². The largest absolute Gasteiger partial charge is 0.310 e. The maximum atomic E-state index is 6.17. The first-order valence-electron chi connectivity index (χ1n) is 6.76. The number of benzene rings is 1. The fourth-order valence-corrected chi connectivity index (χ4v) is 3.16. The van der Waals surface area contributed by atoms with Crippen molar-refractivity contribution in [2.75, 3.05) is 6.54 Å². The molecule has 0 fully saturated rings. The molecule has 1 aromatic heterocycles. The van der Waals surface area contributed by atoms with Gasteiger partial charge >= 0.3 is 0 Å². The summed E-state index contributed by atoms with van der Waals surface area (Å²) in [7, 11) is 0. The van der Waals surface area contributed by atoms with Crippen LogP contribution in [0.25, 0.3) is 0 Å². The molecule has 0 saturated carbocycles. The quantitative estimate of drug-likeness (QED) is 0.783. The Morgan fingerprint density at radius 3 is 2.85 bits per heavy atom. The molecule has 1 aromatic carbocycles. The van der Waals surface area contributed by atoms with E-state index in [0.717, 1.165) is 27.9 Å². The van der Waals surface area contributed by atoms with Crippen LogP contribution in [0, 0.1) is 0 Å². The maximum absolute atomic E-state index is 6.17. The lowest BCUT2D eigenvalue weighted by Crippen LogP contribution is -2.17. The molecule has 0 aliphatic heterocycles. The summed E-state index contributed by atoms with van der Waals surface area (Å²) in [5.41, 5.74) is 2.41. The van der Waals surface area contributed by atoms with Crippen molar-refractivity contribution in [3.8, 4) is 0 Å². The van der Waals surface area contributed by atoms with Crippen molar-refractivity contribution < 1.29 is 0 Å². The van der Waals surface area contributed by atoms with E-state index in [0.29, 0.717) is 6.04 Å². The number of halogens is 1. The van der Waals surface area contributed by atoms with Gasteiger partial charge in [-0.3, -0.25) is 0 Å². The number of nitrogens with one attached hydrogen (secondary N) is 1. The molecule has 0 spiro atoms. The zero-order chi connectivity index (χ0) is 14.4. The lowest BCUT2D eigenvalue weighted by Gasteiger charge is -2.13. The highest BCUT2D eigenvalue weighted by atomic mass is 35.5. The van der Waals surface area contributed by atoms with Crippen LogP contribution in [0.5, 0.6) is 0 Å². The van der Waals surface area contributed by atoms with E-state index in [1.165, 1.54) is 5.56 Å². The van der Waals surface area contributed by atoms with Crippen LogP contribution in [-0.4, -0.2) is 11.5 Å². The highest BCUT2D eigenvalue weighted by Crippen LogP contribution is 2.26. The second-order valence-electron chi connectivity index (χ2n) is 4.59. The third-order valence-electron chi connectivity index (χ3n) is 3.10. The van der Waals surface area contributed by atoms with E-state index in [1.807, 2.05) is 24.4 Å². The molecule has 1 heterocycles. The fraction of sp³-hybridized carbons (Fsp3) is 0.312. The molecule has 1 unspecified atom stereocenters. The molecule has 2 nitrogen and oxygen atoms in total. The topological polar surface area (TPSA) is 24.9 Å². The minimum atomic E-state index is 0.350. The minimum Gasteiger partial charge on any atom is -0.310 e. The molecule has 0 saturated heterocycles. The zero-order valence-electron chi connectivity index (χ0n) is 11.8. The molecule has 0 amide bonds. The molecule has 0 radical (unpaired) electrons. The Morgan fingerprint density at radius 2 is 2.10 bits per heavy atom. The third-order valence-corrected chi connectivity index (χ3v) is 4.45. The summed E-state index contributed by atoms with van der Waals surface area (Å²) in [5, 5.41) is 5.26. The highest BCUT2D eigenvalue weighted by molar-refractivity contribution is 7.98. The number of hydrogen-bond acceptors (Lipinski definition) is 3. The van der Waals surface area contributed by atoms with Crippen LogP contribution in [0.1, 0.15) is 31.0 Å². The zero-order valence-corrected chi connectivity index (χ0v) is 13.3. The number of thioether (sulfide) groups is 1. The summed E-state index contributed by atoms with van der Waals surface area (Å²) in [6, 6.07) is 12.5. The molecule has 4 heteroatoms. The summed E-state index contributed by atoms with van der Waals surface area (Å²) < 4.78 is 0. The van der Waals surface area contributed by atoms with Crippen molar-refractivity contribution in [3.63, 3.8) is 0 Å². The van der Waals surface area contributed by atoms with E-state index in [2.05, 4.69) is 42.3 Å². The van der Waals surface area contributed by atoms with E-state index < -0.39 is 0 Å². The van der Waals surface area contributed by atoms with Gasteiger partial charge in [0.25, 0.3) is 0 Å². The van der Waals surface area contributed by atoms with Crippen LogP contribution in [-0.2, 0) is 5.75 Å². The van der Waals surface area contributed by atoms with Gasteiger partial charge in [0.2, 0.25) is 0 Å². The Balaban J connectivity index is 2.03. The lowest BCUT2D eigenvalue weighted by molar-refractivity contribution is 0.596. The van der Waals surface area contributed by atoms with Crippen LogP contribution in [0.3, 0.4) is 0 Å². The normalized spacial score (nSPS) is 12.3. The van der Waals surface area contributed by atoms with Crippen LogP contribution in [0.15, 0.2) is 47.6 Å². The Morgan fingerprint density at radius 1 is 1.30 bits per heavy atom. The van der Waals surface area contributed by atoms with Crippen molar-refractivity contribution in [3.05, 3.63) is 58.7 Å². The van der Waals surface area contributed by atoms with E-state index in [1.54, 1.807) is 11.8 Å². The van der Waals surface area contributed by atoms with Gasteiger partial charge in [0.1, 0.15) is 0 Å². The van der Waals surface area contributed by atoms with Crippen molar-refractivity contribution in [2.24, 2.45) is 0 Å². The fourth-order valence-electron chi connectivity index (χ4n) is 1.96. The summed E-state index contributed by atoms with van der Waals surface area (Å²) in [4.78, 5) is 4.42. The molecule has 2 rings (SSSR count). The van der Waals surface area contributed by atoms with Gasteiger partial charge < -0.3 is 5.32 Å². The molecule has 1 atom stereocenters. The average Bonchev–Trinajstić information content (AvgIpc) is 2.47. The van der Waals surface area contributed by atoms with Crippen LogP contribution in [0.2, 0.25) is 5.02 Å². The molecule has 0 aliphatic rings. The van der Waals surface area contributed by atoms with Gasteiger partial charge in [-0.2, -0.15) is 0 Å². The van der Waals surface area contributed by atoms with Gasteiger partial charge in [-0.15, -0.1) is 11.8 Å². The second kappa shape index (κ2) is 7.67. The molecule has 20 heavy (non-hydrogen) atoms. The number of nitrogens with zero attached hydrogens (tertiary/aromatic N) is 1. The van der Waals surface area contributed by atoms with Crippen molar-refractivity contribution in [1.82, 2.24) is 10.3 Å². The monoisotopic (exact) mass is 306 g/mol. The van der Waals surface area contributed by atoms with Crippen LogP contribution < -0.4 is 5.32 Å². The third kappa shape index (κ3) is 4.23.